The third kappa shape index (κ3) is 4.55. The van der Waals surface area contributed by atoms with Gasteiger partial charge in [0.15, 0.2) is 5.16 Å². The number of methoxy groups -OCH3 is 1. The first kappa shape index (κ1) is 22.2. The number of rotatable bonds is 7. The Bertz CT molecular complexity index is 1520. The van der Waals surface area contributed by atoms with Crippen LogP contribution in [-0.2, 0) is 12.3 Å². The van der Waals surface area contributed by atoms with E-state index in [4.69, 9.17) is 25.8 Å². The molecule has 2 aromatic heterocycles. The lowest BCUT2D eigenvalue weighted by atomic mass is 10.2. The normalized spacial score (nSPS) is 11.1. The molecule has 5 aromatic rings. The zero-order chi connectivity index (χ0) is 23.5. The second-order valence-corrected chi connectivity index (χ2v) is 8.78. The highest BCUT2D eigenvalue weighted by molar-refractivity contribution is 7.98. The SMILES string of the molecule is COc1ccc(Cn2c(SCc3nc(-c4ccccc4Cl)no3)nc3ccccc3c2=O)cc1. The van der Waals surface area contributed by atoms with Gasteiger partial charge in [-0.05, 0) is 42.0 Å². The number of halogens is 1. The van der Waals surface area contributed by atoms with Crippen molar-refractivity contribution in [1.29, 1.82) is 0 Å². The summed E-state index contributed by atoms with van der Waals surface area (Å²) in [5, 5.41) is 5.73. The Morgan fingerprint density at radius 1 is 1.00 bits per heavy atom. The first-order valence-electron chi connectivity index (χ1n) is 10.4. The minimum Gasteiger partial charge on any atom is -0.497 e. The summed E-state index contributed by atoms with van der Waals surface area (Å²) in [6.45, 7) is 0.373. The molecule has 170 valence electrons. The molecule has 0 aliphatic rings. The lowest BCUT2D eigenvalue weighted by Crippen LogP contribution is -2.24. The number of fused-ring (bicyclic) bond motifs is 1. The molecule has 0 spiro atoms. The molecular weight excluding hydrogens is 472 g/mol. The van der Waals surface area contributed by atoms with Crippen LogP contribution in [0.1, 0.15) is 11.5 Å². The van der Waals surface area contributed by atoms with E-state index < -0.39 is 0 Å². The molecular formula is C25H19ClN4O3S. The van der Waals surface area contributed by atoms with Gasteiger partial charge in [-0.25, -0.2) is 4.98 Å². The Morgan fingerprint density at radius 3 is 2.56 bits per heavy atom. The number of ether oxygens (including phenoxy) is 1. The average molecular weight is 491 g/mol. The molecule has 0 saturated carbocycles. The van der Waals surface area contributed by atoms with Crippen LogP contribution in [0.5, 0.6) is 5.75 Å². The zero-order valence-corrected chi connectivity index (χ0v) is 19.7. The van der Waals surface area contributed by atoms with E-state index in [1.54, 1.807) is 23.8 Å². The van der Waals surface area contributed by atoms with E-state index in [1.807, 2.05) is 60.7 Å². The Morgan fingerprint density at radius 2 is 1.76 bits per heavy atom. The summed E-state index contributed by atoms with van der Waals surface area (Å²) in [6, 6.07) is 22.3. The van der Waals surface area contributed by atoms with Crippen LogP contribution < -0.4 is 10.3 Å². The summed E-state index contributed by atoms with van der Waals surface area (Å²) < 4.78 is 12.3. The number of thioether (sulfide) groups is 1. The first-order valence-corrected chi connectivity index (χ1v) is 11.8. The summed E-state index contributed by atoms with van der Waals surface area (Å²) in [6.07, 6.45) is 0. The van der Waals surface area contributed by atoms with Crippen molar-refractivity contribution >= 4 is 34.3 Å². The molecule has 9 heteroatoms. The molecule has 0 saturated heterocycles. The molecule has 0 atom stereocenters. The number of para-hydroxylation sites is 1. The molecule has 3 aromatic carbocycles. The Hall–Kier alpha value is -3.62. The highest BCUT2D eigenvalue weighted by atomic mass is 35.5. The highest BCUT2D eigenvalue weighted by Crippen LogP contribution is 2.27. The molecule has 0 N–H and O–H groups in total. The van der Waals surface area contributed by atoms with Gasteiger partial charge in [-0.15, -0.1) is 0 Å². The van der Waals surface area contributed by atoms with Crippen LogP contribution >= 0.6 is 23.4 Å². The lowest BCUT2D eigenvalue weighted by Gasteiger charge is -2.13. The molecule has 0 aliphatic carbocycles. The van der Waals surface area contributed by atoms with Crippen molar-refractivity contribution in [2.45, 2.75) is 17.5 Å². The lowest BCUT2D eigenvalue weighted by molar-refractivity contribution is 0.391. The minimum absolute atomic E-state index is 0.105. The van der Waals surface area contributed by atoms with Crippen LogP contribution in [0.2, 0.25) is 5.02 Å². The van der Waals surface area contributed by atoms with Crippen molar-refractivity contribution in [3.8, 4) is 17.1 Å². The minimum atomic E-state index is -0.105. The molecule has 0 amide bonds. The summed E-state index contributed by atoms with van der Waals surface area (Å²) in [7, 11) is 1.62. The first-order chi connectivity index (χ1) is 16.6. The molecule has 7 nitrogen and oxygen atoms in total. The van der Waals surface area contributed by atoms with Crippen LogP contribution in [0.4, 0.5) is 0 Å². The van der Waals surface area contributed by atoms with Crippen molar-refractivity contribution < 1.29 is 9.26 Å². The summed E-state index contributed by atoms with van der Waals surface area (Å²) in [5.74, 6) is 1.94. The van der Waals surface area contributed by atoms with E-state index >= 15 is 0 Å². The molecule has 5 rings (SSSR count). The van der Waals surface area contributed by atoms with Gasteiger partial charge in [-0.2, -0.15) is 4.98 Å². The maximum Gasteiger partial charge on any atom is 0.262 e. The molecule has 0 radical (unpaired) electrons. The van der Waals surface area contributed by atoms with Gasteiger partial charge in [-0.1, -0.05) is 64.9 Å². The Balaban J connectivity index is 1.46. The van der Waals surface area contributed by atoms with Gasteiger partial charge in [0.1, 0.15) is 5.75 Å². The number of aromatic nitrogens is 4. The molecule has 34 heavy (non-hydrogen) atoms. The smallest absolute Gasteiger partial charge is 0.262 e. The van der Waals surface area contributed by atoms with Crippen molar-refractivity contribution in [3.63, 3.8) is 0 Å². The predicted octanol–water partition coefficient (Wildman–Crippen LogP) is 5.45. The Labute approximate surface area is 204 Å². The maximum atomic E-state index is 13.3. The van der Waals surface area contributed by atoms with Crippen LogP contribution in [-0.4, -0.2) is 26.8 Å². The Kier molecular flexibility index (Phi) is 6.33. The van der Waals surface area contributed by atoms with Gasteiger partial charge in [0.25, 0.3) is 5.56 Å². The van der Waals surface area contributed by atoms with E-state index in [9.17, 15) is 4.79 Å². The van der Waals surface area contributed by atoms with Crippen molar-refractivity contribution in [1.82, 2.24) is 19.7 Å². The second-order valence-electron chi connectivity index (χ2n) is 7.43. The van der Waals surface area contributed by atoms with E-state index in [0.717, 1.165) is 11.3 Å². The highest BCUT2D eigenvalue weighted by Gasteiger charge is 2.16. The van der Waals surface area contributed by atoms with Crippen LogP contribution in [0.15, 0.2) is 87.3 Å². The van der Waals surface area contributed by atoms with Gasteiger partial charge in [-0.3, -0.25) is 9.36 Å². The fourth-order valence-corrected chi connectivity index (χ4v) is 4.56. The molecule has 0 fully saturated rings. The third-order valence-electron chi connectivity index (χ3n) is 5.23. The van der Waals surface area contributed by atoms with Crippen molar-refractivity contribution in [2.75, 3.05) is 7.11 Å². The summed E-state index contributed by atoms with van der Waals surface area (Å²) in [4.78, 5) is 22.5. The van der Waals surface area contributed by atoms with Gasteiger partial charge in [0.2, 0.25) is 11.7 Å². The van der Waals surface area contributed by atoms with Crippen LogP contribution in [0.3, 0.4) is 0 Å². The van der Waals surface area contributed by atoms with Gasteiger partial charge in [0, 0.05) is 5.56 Å². The van der Waals surface area contributed by atoms with E-state index in [2.05, 4.69) is 10.1 Å². The summed E-state index contributed by atoms with van der Waals surface area (Å²) in [5.41, 5.74) is 2.19. The van der Waals surface area contributed by atoms with Crippen LogP contribution in [0.25, 0.3) is 22.3 Å². The predicted molar refractivity (Wildman–Crippen MR) is 132 cm³/mol. The van der Waals surface area contributed by atoms with Gasteiger partial charge in [0.05, 0.1) is 35.3 Å². The molecule has 0 unspecified atom stereocenters. The molecule has 2 heterocycles. The van der Waals surface area contributed by atoms with Crippen molar-refractivity contribution in [2.24, 2.45) is 0 Å². The topological polar surface area (TPSA) is 83.0 Å². The van der Waals surface area contributed by atoms with Crippen molar-refractivity contribution in [3.05, 3.63) is 99.6 Å². The van der Waals surface area contributed by atoms with E-state index in [-0.39, 0.29) is 5.56 Å². The zero-order valence-electron chi connectivity index (χ0n) is 18.1. The fourth-order valence-electron chi connectivity index (χ4n) is 3.50. The van der Waals surface area contributed by atoms with Crippen LogP contribution in [0, 0.1) is 0 Å². The average Bonchev–Trinajstić information content (AvgIpc) is 3.34. The molecule has 0 aliphatic heterocycles. The van der Waals surface area contributed by atoms with Gasteiger partial charge >= 0.3 is 0 Å². The number of hydrogen-bond acceptors (Lipinski definition) is 7. The number of nitrogens with zero attached hydrogens (tertiary/aromatic N) is 4. The van der Waals surface area contributed by atoms with Gasteiger partial charge < -0.3 is 9.26 Å². The van der Waals surface area contributed by atoms with E-state index in [0.29, 0.717) is 50.7 Å². The third-order valence-corrected chi connectivity index (χ3v) is 6.52. The second kappa shape index (κ2) is 9.70. The fraction of sp³-hybridized carbons (Fsp3) is 0.120. The monoisotopic (exact) mass is 490 g/mol. The molecule has 0 bridgehead atoms. The number of benzene rings is 3. The standard InChI is InChI=1S/C25H19ClN4O3S/c1-32-17-12-10-16(11-13-17)14-30-24(31)19-7-3-5-9-21(19)27-25(30)34-15-22-28-23(29-33-22)18-6-2-4-8-20(18)26/h2-13H,14-15H2,1H3. The largest absolute Gasteiger partial charge is 0.497 e. The number of hydrogen-bond donors (Lipinski definition) is 0. The maximum absolute atomic E-state index is 13.3. The summed E-state index contributed by atoms with van der Waals surface area (Å²) >= 11 is 7.61. The quantitative estimate of drug-likeness (QED) is 0.221. The van der Waals surface area contributed by atoms with E-state index in [1.165, 1.54) is 11.8 Å².